The molecule has 2 aromatic carbocycles. The van der Waals surface area contributed by atoms with Crippen LogP contribution < -0.4 is 14.2 Å². The Labute approximate surface area is 219 Å². The predicted octanol–water partition coefficient (Wildman–Crippen LogP) is 5.61. The number of aliphatic carboxylic acids is 1. The number of carboxylic acid groups (broad SMARTS) is 1. The van der Waals surface area contributed by atoms with E-state index in [0.717, 1.165) is 36.8 Å². The average Bonchev–Trinajstić information content (AvgIpc) is 3.51. The van der Waals surface area contributed by atoms with Crippen molar-refractivity contribution in [3.05, 3.63) is 53.6 Å². The summed E-state index contributed by atoms with van der Waals surface area (Å²) in [6, 6.07) is 13.3. The number of fused-ring (bicyclic) bond motifs is 1. The first-order chi connectivity index (χ1) is 17.9. The molecule has 7 nitrogen and oxygen atoms in total. The van der Waals surface area contributed by atoms with Gasteiger partial charge in [-0.25, -0.2) is 0 Å². The van der Waals surface area contributed by atoms with Crippen molar-refractivity contribution < 1.29 is 28.9 Å². The number of hydrogen-bond donors (Lipinski definition) is 1. The fraction of sp³-hybridized carbons (Fsp3) is 0.533. The van der Waals surface area contributed by atoms with Crippen LogP contribution in [0.15, 0.2) is 42.5 Å². The largest absolute Gasteiger partial charge is 0.497 e. The molecular weight excluding hydrogens is 470 g/mol. The highest BCUT2D eigenvalue weighted by molar-refractivity contribution is 5.83. The molecule has 0 spiro atoms. The Morgan fingerprint density at radius 2 is 1.73 bits per heavy atom. The molecule has 3 atom stereocenters. The molecule has 0 aliphatic carbocycles. The number of methoxy groups -OCH3 is 1. The number of hydrogen-bond acceptors (Lipinski definition) is 6. The standard InChI is InChI=1S/C30H39NO6/c1-5-8-20(9-6-2)25(32)18-31-17-24(21-10-15-26-27(16-21)37-19-36-26)28(29(33)34)30(31,7-3)22-11-13-23(35-4)14-12-22/h10-16,20,24,28H,5-9,17-19H2,1-4H3,(H,33,34)/t24-,28+,30?/m0/s1. The summed E-state index contributed by atoms with van der Waals surface area (Å²) < 4.78 is 16.5. The third kappa shape index (κ3) is 5.06. The highest BCUT2D eigenvalue weighted by Crippen LogP contribution is 2.53. The third-order valence-corrected chi connectivity index (χ3v) is 8.19. The number of Topliss-reactive ketones (excluding diaryl/α,β-unsaturated/α-hetero) is 1. The first kappa shape index (κ1) is 27.0. The molecule has 4 rings (SSSR count). The van der Waals surface area contributed by atoms with Crippen LogP contribution in [-0.2, 0) is 15.1 Å². The van der Waals surface area contributed by atoms with Gasteiger partial charge in [0.2, 0.25) is 6.79 Å². The van der Waals surface area contributed by atoms with Crippen LogP contribution in [0.3, 0.4) is 0 Å². The van der Waals surface area contributed by atoms with Gasteiger partial charge in [0.25, 0.3) is 0 Å². The molecule has 2 heterocycles. The lowest BCUT2D eigenvalue weighted by Gasteiger charge is -2.41. The number of carbonyl (C=O) groups excluding carboxylic acids is 1. The van der Waals surface area contributed by atoms with E-state index in [1.165, 1.54) is 0 Å². The zero-order chi connectivity index (χ0) is 26.6. The van der Waals surface area contributed by atoms with E-state index >= 15 is 0 Å². The SMILES string of the molecule is CCCC(CCC)C(=O)CN1C[C@@H](c2ccc3c(c2)OCO3)[C@H](C(=O)O)C1(CC)c1ccc(OC)cc1. The van der Waals surface area contributed by atoms with Crippen molar-refractivity contribution in [2.24, 2.45) is 11.8 Å². The second kappa shape index (κ2) is 11.5. The molecule has 1 unspecified atom stereocenters. The van der Waals surface area contributed by atoms with Gasteiger partial charge in [0, 0.05) is 18.4 Å². The minimum atomic E-state index is -0.867. The van der Waals surface area contributed by atoms with Crippen molar-refractivity contribution >= 4 is 11.8 Å². The lowest BCUT2D eigenvalue weighted by atomic mass is 9.71. The van der Waals surface area contributed by atoms with Crippen molar-refractivity contribution in [2.75, 3.05) is 27.0 Å². The Kier molecular flexibility index (Phi) is 8.42. The molecule has 0 amide bonds. The smallest absolute Gasteiger partial charge is 0.309 e. The maximum Gasteiger partial charge on any atom is 0.309 e. The fourth-order valence-electron chi connectivity index (χ4n) is 6.43. The van der Waals surface area contributed by atoms with E-state index in [9.17, 15) is 14.7 Å². The van der Waals surface area contributed by atoms with Crippen LogP contribution in [0.4, 0.5) is 0 Å². The van der Waals surface area contributed by atoms with Gasteiger partial charge in [-0.3, -0.25) is 14.5 Å². The van der Waals surface area contributed by atoms with Gasteiger partial charge in [0.05, 0.1) is 25.1 Å². The minimum Gasteiger partial charge on any atom is -0.497 e. The number of benzene rings is 2. The molecule has 0 saturated carbocycles. The number of carboxylic acids is 1. The van der Waals surface area contributed by atoms with E-state index in [-0.39, 0.29) is 31.0 Å². The van der Waals surface area contributed by atoms with E-state index in [2.05, 4.69) is 18.7 Å². The first-order valence-electron chi connectivity index (χ1n) is 13.4. The molecule has 7 heteroatoms. The van der Waals surface area contributed by atoms with E-state index in [0.29, 0.717) is 30.2 Å². The molecule has 2 aliphatic rings. The zero-order valence-electron chi connectivity index (χ0n) is 22.4. The van der Waals surface area contributed by atoms with E-state index in [1.807, 2.05) is 49.4 Å². The zero-order valence-corrected chi connectivity index (χ0v) is 22.4. The first-order valence-corrected chi connectivity index (χ1v) is 13.4. The van der Waals surface area contributed by atoms with Crippen molar-refractivity contribution in [3.8, 4) is 17.2 Å². The number of carbonyl (C=O) groups is 2. The summed E-state index contributed by atoms with van der Waals surface area (Å²) in [6.45, 7) is 7.09. The molecule has 0 radical (unpaired) electrons. The molecule has 1 saturated heterocycles. The lowest BCUT2D eigenvalue weighted by molar-refractivity contribution is -0.147. The Morgan fingerprint density at radius 3 is 2.32 bits per heavy atom. The molecule has 2 aromatic rings. The number of likely N-dealkylation sites (tertiary alicyclic amines) is 1. The number of ether oxygens (including phenoxy) is 3. The third-order valence-electron chi connectivity index (χ3n) is 8.19. The average molecular weight is 510 g/mol. The summed E-state index contributed by atoms with van der Waals surface area (Å²) >= 11 is 0. The van der Waals surface area contributed by atoms with Gasteiger partial charge in [-0.2, -0.15) is 0 Å². The highest BCUT2D eigenvalue weighted by Gasteiger charge is 2.58. The molecule has 0 bridgehead atoms. The van der Waals surface area contributed by atoms with Gasteiger partial charge in [-0.15, -0.1) is 0 Å². The second-order valence-corrected chi connectivity index (χ2v) is 10.2. The monoisotopic (exact) mass is 509 g/mol. The molecule has 1 fully saturated rings. The number of ketones is 1. The van der Waals surface area contributed by atoms with Crippen LogP contribution in [-0.4, -0.2) is 48.8 Å². The van der Waals surface area contributed by atoms with Crippen LogP contribution in [0.2, 0.25) is 0 Å². The maximum atomic E-state index is 13.6. The fourth-order valence-corrected chi connectivity index (χ4v) is 6.43. The van der Waals surface area contributed by atoms with Crippen LogP contribution in [0.5, 0.6) is 17.2 Å². The summed E-state index contributed by atoms with van der Waals surface area (Å²) in [4.78, 5) is 28.9. The van der Waals surface area contributed by atoms with Crippen LogP contribution >= 0.6 is 0 Å². The van der Waals surface area contributed by atoms with Gasteiger partial charge >= 0.3 is 5.97 Å². The Hall–Kier alpha value is -3.06. The van der Waals surface area contributed by atoms with E-state index in [4.69, 9.17) is 14.2 Å². The molecule has 0 aromatic heterocycles. The van der Waals surface area contributed by atoms with Gasteiger partial charge in [-0.05, 0) is 54.7 Å². The quantitative estimate of drug-likeness (QED) is 0.398. The summed E-state index contributed by atoms with van der Waals surface area (Å²) in [5, 5.41) is 10.7. The number of nitrogens with zero attached hydrogens (tertiary/aromatic N) is 1. The normalized spacial score (nSPS) is 22.9. The van der Waals surface area contributed by atoms with E-state index in [1.54, 1.807) is 7.11 Å². The topological polar surface area (TPSA) is 85.3 Å². The van der Waals surface area contributed by atoms with Gasteiger partial charge in [0.1, 0.15) is 11.5 Å². The van der Waals surface area contributed by atoms with Crippen molar-refractivity contribution in [1.82, 2.24) is 4.90 Å². The molecule has 37 heavy (non-hydrogen) atoms. The van der Waals surface area contributed by atoms with Gasteiger partial charge in [0.15, 0.2) is 11.5 Å². The number of rotatable bonds is 12. The summed E-state index contributed by atoms with van der Waals surface area (Å²) in [6.07, 6.45) is 4.17. The minimum absolute atomic E-state index is 0.00621. The van der Waals surface area contributed by atoms with Crippen LogP contribution in [0.1, 0.15) is 69.9 Å². The summed E-state index contributed by atoms with van der Waals surface area (Å²) in [5.41, 5.74) is 0.927. The summed E-state index contributed by atoms with van der Waals surface area (Å²) in [5.74, 6) is 0.259. The van der Waals surface area contributed by atoms with Crippen LogP contribution in [0, 0.1) is 11.8 Å². The highest BCUT2D eigenvalue weighted by atomic mass is 16.7. The molecular formula is C30H39NO6. The van der Waals surface area contributed by atoms with Gasteiger partial charge < -0.3 is 19.3 Å². The summed E-state index contributed by atoms with van der Waals surface area (Å²) in [7, 11) is 1.61. The second-order valence-electron chi connectivity index (χ2n) is 10.2. The van der Waals surface area contributed by atoms with E-state index < -0.39 is 17.4 Å². The Balaban J connectivity index is 1.80. The van der Waals surface area contributed by atoms with Gasteiger partial charge in [-0.1, -0.05) is 51.8 Å². The molecule has 1 N–H and O–H groups in total. The maximum absolute atomic E-state index is 13.6. The van der Waals surface area contributed by atoms with Crippen molar-refractivity contribution in [2.45, 2.75) is 64.3 Å². The molecule has 200 valence electrons. The van der Waals surface area contributed by atoms with Crippen molar-refractivity contribution in [1.29, 1.82) is 0 Å². The molecule has 2 aliphatic heterocycles. The predicted molar refractivity (Wildman–Crippen MR) is 141 cm³/mol. The Morgan fingerprint density at radius 1 is 1.05 bits per heavy atom. The van der Waals surface area contributed by atoms with Crippen LogP contribution in [0.25, 0.3) is 0 Å². The van der Waals surface area contributed by atoms with Crippen molar-refractivity contribution in [3.63, 3.8) is 0 Å². The lowest BCUT2D eigenvalue weighted by Crippen LogP contribution is -2.49. The Bertz CT molecular complexity index is 1090.